The number of ketones is 1. The summed E-state index contributed by atoms with van der Waals surface area (Å²) in [5.41, 5.74) is 1.20. The third-order valence-electron chi connectivity index (χ3n) is 5.20. The lowest BCUT2D eigenvalue weighted by Crippen LogP contribution is -2.15. The molecule has 1 aromatic rings. The number of carbonyl (C=O) groups excluding carboxylic acids is 1. The monoisotopic (exact) mass is 360 g/mol. The van der Waals surface area contributed by atoms with Crippen LogP contribution in [0.5, 0.6) is 0 Å². The Labute approximate surface area is 161 Å². The van der Waals surface area contributed by atoms with E-state index in [2.05, 4.69) is 19.1 Å². The maximum absolute atomic E-state index is 12.2. The van der Waals surface area contributed by atoms with Gasteiger partial charge >= 0.3 is 0 Å². The van der Waals surface area contributed by atoms with Crippen molar-refractivity contribution in [2.75, 3.05) is 6.61 Å². The molecule has 0 aromatic heterocycles. The molecule has 0 aliphatic heterocycles. The van der Waals surface area contributed by atoms with E-state index in [0.717, 1.165) is 12.8 Å². The predicted octanol–water partition coefficient (Wildman–Crippen LogP) is 6.50. The normalized spacial score (nSPS) is 12.2. The Balaban J connectivity index is 1.98. The number of aliphatic hydroxyl groups excluding tert-OH is 1. The zero-order chi connectivity index (χ0) is 18.9. The highest BCUT2D eigenvalue weighted by Crippen LogP contribution is 2.16. The number of unbranched alkanes of at least 4 members (excludes halogenated alkanes) is 10. The molecule has 0 aliphatic carbocycles. The number of carbonyl (C=O) groups is 1. The molecule has 0 spiro atoms. The second-order valence-corrected chi connectivity index (χ2v) is 7.77. The minimum atomic E-state index is 0.0672. The quantitative estimate of drug-likeness (QED) is 0.322. The van der Waals surface area contributed by atoms with Gasteiger partial charge in [-0.2, -0.15) is 0 Å². The Bertz CT molecular complexity index is 441. The summed E-state index contributed by atoms with van der Waals surface area (Å²) in [6.45, 7) is 2.36. The van der Waals surface area contributed by atoms with Gasteiger partial charge in [0.2, 0.25) is 0 Å². The van der Waals surface area contributed by atoms with E-state index in [-0.39, 0.29) is 12.5 Å². The van der Waals surface area contributed by atoms with Gasteiger partial charge in [-0.3, -0.25) is 4.79 Å². The van der Waals surface area contributed by atoms with Gasteiger partial charge in [-0.25, -0.2) is 0 Å². The summed E-state index contributed by atoms with van der Waals surface area (Å²) in [5, 5.41) is 9.54. The first-order chi connectivity index (χ1) is 12.8. The van der Waals surface area contributed by atoms with Crippen LogP contribution in [0.25, 0.3) is 0 Å². The van der Waals surface area contributed by atoms with Crippen LogP contribution in [0.2, 0.25) is 0 Å². The van der Waals surface area contributed by atoms with Crippen LogP contribution < -0.4 is 0 Å². The van der Waals surface area contributed by atoms with E-state index in [1.807, 2.05) is 18.2 Å². The molecule has 0 amide bonds. The number of benzene rings is 1. The largest absolute Gasteiger partial charge is 0.396 e. The van der Waals surface area contributed by atoms with Crippen LogP contribution in [-0.4, -0.2) is 17.5 Å². The maximum atomic E-state index is 12.2. The molecule has 26 heavy (non-hydrogen) atoms. The lowest BCUT2D eigenvalue weighted by Gasteiger charge is -2.13. The second-order valence-electron chi connectivity index (χ2n) is 7.77. The summed E-state index contributed by atoms with van der Waals surface area (Å²) in [7, 11) is 0. The SMILES string of the molecule is CCCCCCCCCCCCCC(=O)CC(CO)Cc1ccccc1. The van der Waals surface area contributed by atoms with Crippen LogP contribution in [-0.2, 0) is 11.2 Å². The topological polar surface area (TPSA) is 37.3 Å². The Hall–Kier alpha value is -1.15. The van der Waals surface area contributed by atoms with Crippen molar-refractivity contribution in [1.82, 2.24) is 0 Å². The van der Waals surface area contributed by atoms with Crippen LogP contribution in [0.4, 0.5) is 0 Å². The zero-order valence-electron chi connectivity index (χ0n) is 16.9. The first-order valence-electron chi connectivity index (χ1n) is 10.9. The molecule has 0 fully saturated rings. The van der Waals surface area contributed by atoms with Crippen molar-refractivity contribution in [2.24, 2.45) is 5.92 Å². The number of Topliss-reactive ketones (excluding diaryl/α,β-unsaturated/α-hetero) is 1. The molecule has 2 nitrogen and oxygen atoms in total. The van der Waals surface area contributed by atoms with Gasteiger partial charge in [-0.15, -0.1) is 0 Å². The smallest absolute Gasteiger partial charge is 0.133 e. The third kappa shape index (κ3) is 12.2. The van der Waals surface area contributed by atoms with Crippen molar-refractivity contribution < 1.29 is 9.90 Å². The summed E-state index contributed by atoms with van der Waals surface area (Å²) in [6.07, 6.45) is 16.4. The Kier molecular flexibility index (Phi) is 14.1. The Morgan fingerprint density at radius 3 is 1.92 bits per heavy atom. The number of rotatable bonds is 17. The molecular formula is C24H40O2. The average molecular weight is 361 g/mol. The molecule has 0 heterocycles. The van der Waals surface area contributed by atoms with Gasteiger partial charge in [0.1, 0.15) is 5.78 Å². The van der Waals surface area contributed by atoms with Crippen molar-refractivity contribution in [3.8, 4) is 0 Å². The van der Waals surface area contributed by atoms with Crippen molar-refractivity contribution in [2.45, 2.75) is 96.8 Å². The highest BCUT2D eigenvalue weighted by Gasteiger charge is 2.13. The van der Waals surface area contributed by atoms with E-state index in [9.17, 15) is 9.90 Å². The predicted molar refractivity (Wildman–Crippen MR) is 111 cm³/mol. The maximum Gasteiger partial charge on any atom is 0.133 e. The molecule has 1 rings (SSSR count). The van der Waals surface area contributed by atoms with E-state index in [1.165, 1.54) is 69.8 Å². The molecule has 0 aliphatic rings. The van der Waals surface area contributed by atoms with Crippen molar-refractivity contribution in [3.05, 3.63) is 35.9 Å². The molecule has 148 valence electrons. The van der Waals surface area contributed by atoms with Crippen LogP contribution in [0, 0.1) is 5.92 Å². The summed E-state index contributed by atoms with van der Waals surface area (Å²) < 4.78 is 0. The fraction of sp³-hybridized carbons (Fsp3) is 0.708. The van der Waals surface area contributed by atoms with Gasteiger partial charge < -0.3 is 5.11 Å². The van der Waals surface area contributed by atoms with Gasteiger partial charge in [-0.05, 0) is 24.3 Å². The molecule has 0 radical (unpaired) electrons. The Morgan fingerprint density at radius 1 is 0.846 bits per heavy atom. The lowest BCUT2D eigenvalue weighted by molar-refractivity contribution is -0.120. The molecular weight excluding hydrogens is 320 g/mol. The first-order valence-corrected chi connectivity index (χ1v) is 10.9. The van der Waals surface area contributed by atoms with Crippen molar-refractivity contribution in [1.29, 1.82) is 0 Å². The summed E-state index contributed by atoms with van der Waals surface area (Å²) in [5.74, 6) is 0.383. The molecule has 1 aromatic carbocycles. The molecule has 0 saturated carbocycles. The van der Waals surface area contributed by atoms with Crippen LogP contribution in [0.1, 0.15) is 96.0 Å². The lowest BCUT2D eigenvalue weighted by atomic mass is 9.93. The Morgan fingerprint density at radius 2 is 1.38 bits per heavy atom. The third-order valence-corrected chi connectivity index (χ3v) is 5.20. The fourth-order valence-electron chi connectivity index (χ4n) is 3.56. The molecule has 0 saturated heterocycles. The van der Waals surface area contributed by atoms with Crippen LogP contribution in [0.15, 0.2) is 30.3 Å². The highest BCUT2D eigenvalue weighted by atomic mass is 16.3. The van der Waals surface area contributed by atoms with E-state index >= 15 is 0 Å². The number of hydrogen-bond donors (Lipinski definition) is 1. The van der Waals surface area contributed by atoms with Crippen molar-refractivity contribution in [3.63, 3.8) is 0 Å². The molecule has 2 heteroatoms. The summed E-state index contributed by atoms with van der Waals surface area (Å²) in [6, 6.07) is 10.1. The number of aliphatic hydroxyl groups is 1. The van der Waals surface area contributed by atoms with Crippen LogP contribution in [0.3, 0.4) is 0 Å². The van der Waals surface area contributed by atoms with Gasteiger partial charge in [0.15, 0.2) is 0 Å². The van der Waals surface area contributed by atoms with E-state index < -0.39 is 0 Å². The highest BCUT2D eigenvalue weighted by molar-refractivity contribution is 5.78. The van der Waals surface area contributed by atoms with Gasteiger partial charge in [0.25, 0.3) is 0 Å². The van der Waals surface area contributed by atoms with Gasteiger partial charge in [0, 0.05) is 19.4 Å². The zero-order valence-corrected chi connectivity index (χ0v) is 16.9. The van der Waals surface area contributed by atoms with Gasteiger partial charge in [0.05, 0.1) is 0 Å². The molecule has 1 N–H and O–H groups in total. The van der Waals surface area contributed by atoms with Crippen molar-refractivity contribution >= 4 is 5.78 Å². The standard InChI is InChI=1S/C24H40O2/c1-2-3-4-5-6-7-8-9-10-11-15-18-24(26)20-23(21-25)19-22-16-13-12-14-17-22/h12-14,16-17,23,25H,2-11,15,18-21H2,1H3. The fourth-order valence-corrected chi connectivity index (χ4v) is 3.56. The second kappa shape index (κ2) is 16.1. The minimum Gasteiger partial charge on any atom is -0.396 e. The average Bonchev–Trinajstić information content (AvgIpc) is 2.66. The molecule has 0 bridgehead atoms. The molecule has 1 atom stereocenters. The van der Waals surface area contributed by atoms with E-state index in [1.54, 1.807) is 0 Å². The van der Waals surface area contributed by atoms with Gasteiger partial charge in [-0.1, -0.05) is 101 Å². The number of hydrogen-bond acceptors (Lipinski definition) is 2. The minimum absolute atomic E-state index is 0.0672. The van der Waals surface area contributed by atoms with E-state index in [0.29, 0.717) is 18.6 Å². The first kappa shape index (κ1) is 22.9. The van der Waals surface area contributed by atoms with E-state index in [4.69, 9.17) is 0 Å². The van der Waals surface area contributed by atoms with Crippen LogP contribution >= 0.6 is 0 Å². The summed E-state index contributed by atoms with van der Waals surface area (Å²) >= 11 is 0. The molecule has 1 unspecified atom stereocenters. The summed E-state index contributed by atoms with van der Waals surface area (Å²) in [4.78, 5) is 12.2.